The highest BCUT2D eigenvalue weighted by Gasteiger charge is 2.64. The molecule has 1 N–H and O–H groups in total. The highest BCUT2D eigenvalue weighted by atomic mass is 16.6. The van der Waals surface area contributed by atoms with Gasteiger partial charge in [0.25, 0.3) is 0 Å². The molecule has 2 aliphatic rings. The van der Waals surface area contributed by atoms with Crippen molar-refractivity contribution in [2.75, 3.05) is 0 Å². The van der Waals surface area contributed by atoms with Gasteiger partial charge in [-0.05, 0) is 18.3 Å². The van der Waals surface area contributed by atoms with Crippen LogP contribution in [0.2, 0.25) is 0 Å². The fourth-order valence-electron chi connectivity index (χ4n) is 3.25. The minimum absolute atomic E-state index is 0.0673. The van der Waals surface area contributed by atoms with E-state index in [1.54, 1.807) is 0 Å². The van der Waals surface area contributed by atoms with Gasteiger partial charge < -0.3 is 9.84 Å². The number of hydrogen-bond donors (Lipinski definition) is 1. The SMILES string of the molecule is CC(C)(C)[C@]12C[C@H](CC[C@@H]1C(=O)O)OC2=O. The van der Waals surface area contributed by atoms with E-state index in [1.807, 2.05) is 20.8 Å². The summed E-state index contributed by atoms with van der Waals surface area (Å²) in [4.78, 5) is 23.4. The zero-order valence-electron chi connectivity index (χ0n) is 9.95. The summed E-state index contributed by atoms with van der Waals surface area (Å²) in [5.74, 6) is -1.78. The fraction of sp³-hybridized carbons (Fsp3) is 0.833. The molecule has 1 heterocycles. The maximum Gasteiger partial charge on any atom is 0.313 e. The highest BCUT2D eigenvalue weighted by Crippen LogP contribution is 2.58. The number of carbonyl (C=O) groups excluding carboxylic acids is 1. The molecule has 0 radical (unpaired) electrons. The van der Waals surface area contributed by atoms with E-state index in [0.29, 0.717) is 19.3 Å². The molecule has 3 atom stereocenters. The Morgan fingerprint density at radius 1 is 1.44 bits per heavy atom. The summed E-state index contributed by atoms with van der Waals surface area (Å²) >= 11 is 0. The third-order valence-corrected chi connectivity index (χ3v) is 4.20. The maximum atomic E-state index is 12.1. The Hall–Kier alpha value is -1.06. The minimum Gasteiger partial charge on any atom is -0.481 e. The Kier molecular flexibility index (Phi) is 2.30. The van der Waals surface area contributed by atoms with E-state index in [4.69, 9.17) is 4.74 Å². The highest BCUT2D eigenvalue weighted by molar-refractivity contribution is 5.87. The van der Waals surface area contributed by atoms with Crippen molar-refractivity contribution in [3.63, 3.8) is 0 Å². The first kappa shape index (κ1) is 11.4. The number of rotatable bonds is 1. The second-order valence-corrected chi connectivity index (χ2v) is 5.92. The van der Waals surface area contributed by atoms with E-state index in [0.717, 1.165) is 0 Å². The second kappa shape index (κ2) is 3.22. The van der Waals surface area contributed by atoms with Crippen LogP contribution in [0, 0.1) is 16.7 Å². The van der Waals surface area contributed by atoms with E-state index >= 15 is 0 Å². The maximum absolute atomic E-state index is 12.1. The van der Waals surface area contributed by atoms with Gasteiger partial charge in [0.15, 0.2) is 0 Å². The van der Waals surface area contributed by atoms with Crippen LogP contribution in [-0.2, 0) is 14.3 Å². The van der Waals surface area contributed by atoms with Gasteiger partial charge in [0, 0.05) is 6.42 Å². The topological polar surface area (TPSA) is 63.6 Å². The average molecular weight is 226 g/mol. The van der Waals surface area contributed by atoms with Crippen LogP contribution in [0.5, 0.6) is 0 Å². The fourth-order valence-corrected chi connectivity index (χ4v) is 3.25. The van der Waals surface area contributed by atoms with Gasteiger partial charge in [-0.1, -0.05) is 20.8 Å². The molecule has 4 heteroatoms. The quantitative estimate of drug-likeness (QED) is 0.693. The number of fused-ring (bicyclic) bond motifs is 2. The predicted octanol–water partition coefficient (Wildman–Crippen LogP) is 1.83. The molecule has 0 unspecified atom stereocenters. The van der Waals surface area contributed by atoms with Crippen molar-refractivity contribution < 1.29 is 19.4 Å². The van der Waals surface area contributed by atoms with E-state index in [-0.39, 0.29) is 17.5 Å². The van der Waals surface area contributed by atoms with Gasteiger partial charge >= 0.3 is 11.9 Å². The molecular formula is C12H18O4. The molecule has 0 aromatic rings. The lowest BCUT2D eigenvalue weighted by atomic mass is 9.55. The summed E-state index contributed by atoms with van der Waals surface area (Å²) < 4.78 is 5.29. The third kappa shape index (κ3) is 1.28. The molecule has 0 aromatic heterocycles. The lowest BCUT2D eigenvalue weighted by molar-refractivity contribution is -0.165. The molecule has 1 aliphatic carbocycles. The molecule has 90 valence electrons. The van der Waals surface area contributed by atoms with Crippen molar-refractivity contribution in [3.05, 3.63) is 0 Å². The first-order valence-corrected chi connectivity index (χ1v) is 5.73. The first-order chi connectivity index (χ1) is 7.29. The molecule has 2 rings (SSSR count). The minimum atomic E-state index is -0.868. The molecule has 1 aliphatic heterocycles. The average Bonchev–Trinajstić information content (AvgIpc) is 2.38. The summed E-state index contributed by atoms with van der Waals surface area (Å²) in [7, 11) is 0. The predicted molar refractivity (Wildman–Crippen MR) is 56.7 cm³/mol. The number of ether oxygens (including phenoxy) is 1. The molecule has 0 amide bonds. The van der Waals surface area contributed by atoms with Gasteiger partial charge in [0.1, 0.15) is 6.10 Å². The molecular weight excluding hydrogens is 208 g/mol. The van der Waals surface area contributed by atoms with E-state index in [1.165, 1.54) is 0 Å². The number of hydrogen-bond acceptors (Lipinski definition) is 3. The van der Waals surface area contributed by atoms with Crippen molar-refractivity contribution in [2.24, 2.45) is 16.7 Å². The van der Waals surface area contributed by atoms with Gasteiger partial charge in [-0.3, -0.25) is 9.59 Å². The summed E-state index contributed by atoms with van der Waals surface area (Å²) in [5, 5.41) is 9.30. The van der Waals surface area contributed by atoms with E-state index in [2.05, 4.69) is 0 Å². The number of carboxylic acids is 1. The van der Waals surface area contributed by atoms with Crippen LogP contribution < -0.4 is 0 Å². The molecule has 0 spiro atoms. The van der Waals surface area contributed by atoms with Crippen molar-refractivity contribution >= 4 is 11.9 Å². The van der Waals surface area contributed by atoms with Crippen LogP contribution in [-0.4, -0.2) is 23.1 Å². The van der Waals surface area contributed by atoms with Crippen LogP contribution >= 0.6 is 0 Å². The normalized spacial score (nSPS) is 38.3. The van der Waals surface area contributed by atoms with Crippen molar-refractivity contribution in [1.82, 2.24) is 0 Å². The molecule has 0 aromatic carbocycles. The van der Waals surface area contributed by atoms with Gasteiger partial charge in [-0.25, -0.2) is 0 Å². The van der Waals surface area contributed by atoms with Crippen LogP contribution in [0.15, 0.2) is 0 Å². The number of esters is 1. The van der Waals surface area contributed by atoms with Gasteiger partial charge in [0.2, 0.25) is 0 Å². The van der Waals surface area contributed by atoms with Crippen LogP contribution in [0.1, 0.15) is 40.0 Å². The van der Waals surface area contributed by atoms with Crippen molar-refractivity contribution in [3.8, 4) is 0 Å². The first-order valence-electron chi connectivity index (χ1n) is 5.73. The molecule has 16 heavy (non-hydrogen) atoms. The smallest absolute Gasteiger partial charge is 0.313 e. The molecule has 2 bridgehead atoms. The molecule has 2 fully saturated rings. The Bertz CT molecular complexity index is 341. The summed E-state index contributed by atoms with van der Waals surface area (Å²) in [6.45, 7) is 5.79. The van der Waals surface area contributed by atoms with Crippen LogP contribution in [0.4, 0.5) is 0 Å². The number of aliphatic carboxylic acids is 1. The summed E-state index contributed by atoms with van der Waals surface area (Å²) in [5.41, 5.74) is -1.20. The van der Waals surface area contributed by atoms with Crippen LogP contribution in [0.3, 0.4) is 0 Å². The van der Waals surface area contributed by atoms with Gasteiger partial charge in [0.05, 0.1) is 11.3 Å². The van der Waals surface area contributed by atoms with E-state index < -0.39 is 17.3 Å². The number of carboxylic acid groups (broad SMARTS) is 1. The Labute approximate surface area is 95.0 Å². The lowest BCUT2D eigenvalue weighted by Gasteiger charge is -2.44. The lowest BCUT2D eigenvalue weighted by Crippen LogP contribution is -2.50. The third-order valence-electron chi connectivity index (χ3n) is 4.20. The standard InChI is InChI=1S/C12H18O4/c1-11(2,3)12-6-7(16-10(12)15)4-5-8(12)9(13)14/h7-8H,4-6H2,1-3H3,(H,13,14)/t7-,8+,12+/m0/s1. The number of carbonyl (C=O) groups is 2. The summed E-state index contributed by atoms with van der Waals surface area (Å²) in [6, 6.07) is 0. The van der Waals surface area contributed by atoms with Gasteiger partial charge in [-0.15, -0.1) is 0 Å². The zero-order chi connectivity index (χ0) is 12.1. The monoisotopic (exact) mass is 226 g/mol. The van der Waals surface area contributed by atoms with Gasteiger partial charge in [-0.2, -0.15) is 0 Å². The van der Waals surface area contributed by atoms with Crippen molar-refractivity contribution in [2.45, 2.75) is 46.1 Å². The largest absolute Gasteiger partial charge is 0.481 e. The van der Waals surface area contributed by atoms with Crippen LogP contribution in [0.25, 0.3) is 0 Å². The summed E-state index contributed by atoms with van der Waals surface area (Å²) in [6.07, 6.45) is 1.72. The van der Waals surface area contributed by atoms with E-state index in [9.17, 15) is 14.7 Å². The molecule has 1 saturated carbocycles. The van der Waals surface area contributed by atoms with Crippen molar-refractivity contribution in [1.29, 1.82) is 0 Å². The zero-order valence-corrected chi connectivity index (χ0v) is 9.95. The molecule has 1 saturated heterocycles. The Morgan fingerprint density at radius 3 is 2.56 bits per heavy atom. The Balaban J connectivity index is 2.49. The second-order valence-electron chi connectivity index (χ2n) is 5.92. The Morgan fingerprint density at radius 2 is 2.06 bits per heavy atom. The molecule has 4 nitrogen and oxygen atoms in total.